The quantitative estimate of drug-likeness (QED) is 0.421. The van der Waals surface area contributed by atoms with E-state index in [1.54, 1.807) is 24.3 Å². The average molecular weight is 308 g/mol. The summed E-state index contributed by atoms with van der Waals surface area (Å²) in [7, 11) is 0. The summed E-state index contributed by atoms with van der Waals surface area (Å²) < 4.78 is 11.2. The maximum atomic E-state index is 12.0. The van der Waals surface area contributed by atoms with Gasteiger partial charge in [-0.1, -0.05) is 0 Å². The minimum atomic E-state index is -0.386. The van der Waals surface area contributed by atoms with E-state index in [2.05, 4.69) is 20.8 Å². The van der Waals surface area contributed by atoms with Crippen LogP contribution in [0.1, 0.15) is 38.1 Å². The van der Waals surface area contributed by atoms with Crippen molar-refractivity contribution in [3.05, 3.63) is 29.8 Å². The molecule has 22 heavy (non-hydrogen) atoms. The van der Waals surface area contributed by atoms with E-state index in [1.807, 2.05) is 0 Å². The van der Waals surface area contributed by atoms with Crippen LogP contribution in [0.15, 0.2) is 24.3 Å². The van der Waals surface area contributed by atoms with Crippen molar-refractivity contribution in [2.45, 2.75) is 27.7 Å². The van der Waals surface area contributed by atoms with Gasteiger partial charge in [0.1, 0.15) is 18.9 Å². The molecule has 0 atom stereocenters. The highest BCUT2D eigenvalue weighted by molar-refractivity contribution is 5.89. The minimum absolute atomic E-state index is 0.351. The Morgan fingerprint density at radius 3 is 2.00 bits per heavy atom. The molecule has 0 aliphatic heterocycles. The number of esters is 2. The van der Waals surface area contributed by atoms with Gasteiger partial charge in [-0.3, -0.25) is 4.79 Å². The van der Waals surface area contributed by atoms with Crippen molar-refractivity contribution in [2.75, 3.05) is 32.8 Å². The third-order valence-electron chi connectivity index (χ3n) is 4.16. The van der Waals surface area contributed by atoms with Crippen molar-refractivity contribution in [1.82, 2.24) is 0 Å². The molecule has 0 fully saturated rings. The fourth-order valence-corrected chi connectivity index (χ4v) is 2.39. The Hall–Kier alpha value is -1.88. The monoisotopic (exact) mass is 308 g/mol. The van der Waals surface area contributed by atoms with Crippen molar-refractivity contribution < 1.29 is 23.5 Å². The summed E-state index contributed by atoms with van der Waals surface area (Å²) >= 11 is 0. The molecule has 0 radical (unpaired) electrons. The van der Waals surface area contributed by atoms with Crippen LogP contribution in [0.2, 0.25) is 0 Å². The van der Waals surface area contributed by atoms with Gasteiger partial charge in [0.2, 0.25) is 0 Å². The van der Waals surface area contributed by atoms with Gasteiger partial charge in [-0.25, -0.2) is 4.79 Å². The Morgan fingerprint density at radius 1 is 1.00 bits per heavy atom. The number of hydrogen-bond donors (Lipinski definition) is 0. The lowest BCUT2D eigenvalue weighted by Crippen LogP contribution is -2.49. The molecule has 0 N–H and O–H groups in total. The van der Waals surface area contributed by atoms with Gasteiger partial charge in [0.15, 0.2) is 0 Å². The second kappa shape index (κ2) is 8.54. The van der Waals surface area contributed by atoms with Crippen molar-refractivity contribution in [3.63, 3.8) is 0 Å². The van der Waals surface area contributed by atoms with Crippen molar-refractivity contribution in [3.8, 4) is 5.75 Å². The van der Waals surface area contributed by atoms with Crippen LogP contribution in [0.5, 0.6) is 5.75 Å². The Bertz CT molecular complexity index is 484. The van der Waals surface area contributed by atoms with Gasteiger partial charge in [0.05, 0.1) is 25.2 Å². The van der Waals surface area contributed by atoms with Gasteiger partial charge in [-0.2, -0.15) is 0 Å². The number of quaternary nitrogens is 1. The average Bonchev–Trinajstić information content (AvgIpc) is 2.52. The molecule has 1 aromatic carbocycles. The largest absolute Gasteiger partial charge is 0.456 e. The van der Waals surface area contributed by atoms with Gasteiger partial charge >= 0.3 is 11.9 Å². The lowest BCUT2D eigenvalue weighted by Gasteiger charge is -2.35. The molecule has 0 amide bonds. The Kier molecular flexibility index (Phi) is 7.05. The second-order valence-electron chi connectivity index (χ2n) is 5.27. The van der Waals surface area contributed by atoms with E-state index in [1.165, 1.54) is 6.92 Å². The first-order chi connectivity index (χ1) is 10.5. The van der Waals surface area contributed by atoms with Gasteiger partial charge < -0.3 is 14.0 Å². The first-order valence-corrected chi connectivity index (χ1v) is 7.77. The van der Waals surface area contributed by atoms with Crippen LogP contribution in [0, 0.1) is 0 Å². The Morgan fingerprint density at radius 2 is 1.55 bits per heavy atom. The molecule has 0 aromatic heterocycles. The lowest BCUT2D eigenvalue weighted by atomic mass is 10.2. The van der Waals surface area contributed by atoms with Crippen LogP contribution < -0.4 is 4.74 Å². The zero-order valence-electron chi connectivity index (χ0n) is 13.9. The zero-order chi connectivity index (χ0) is 16.6. The second-order valence-corrected chi connectivity index (χ2v) is 5.27. The third kappa shape index (κ3) is 5.15. The first-order valence-electron chi connectivity index (χ1n) is 7.77. The molecular weight excluding hydrogens is 282 g/mol. The van der Waals surface area contributed by atoms with E-state index in [9.17, 15) is 9.59 Å². The molecule has 0 bridgehead atoms. The summed E-state index contributed by atoms with van der Waals surface area (Å²) in [6.07, 6.45) is 0. The molecule has 0 heterocycles. The van der Waals surface area contributed by atoms with Gasteiger partial charge in [0, 0.05) is 6.92 Å². The number of rotatable bonds is 8. The molecule has 0 spiro atoms. The molecule has 1 aromatic rings. The maximum absolute atomic E-state index is 12.0. The normalized spacial score (nSPS) is 11.1. The molecule has 0 unspecified atom stereocenters. The van der Waals surface area contributed by atoms with Crippen molar-refractivity contribution >= 4 is 11.9 Å². The van der Waals surface area contributed by atoms with Gasteiger partial charge in [-0.15, -0.1) is 0 Å². The highest BCUT2D eigenvalue weighted by Crippen LogP contribution is 2.13. The van der Waals surface area contributed by atoms with Gasteiger partial charge in [-0.05, 0) is 45.0 Å². The molecule has 122 valence electrons. The van der Waals surface area contributed by atoms with Gasteiger partial charge in [0.25, 0.3) is 0 Å². The van der Waals surface area contributed by atoms with Crippen LogP contribution >= 0.6 is 0 Å². The summed E-state index contributed by atoms with van der Waals surface area (Å²) in [6, 6.07) is 6.37. The van der Waals surface area contributed by atoms with E-state index < -0.39 is 0 Å². The van der Waals surface area contributed by atoms with E-state index in [-0.39, 0.29) is 11.9 Å². The van der Waals surface area contributed by atoms with Crippen LogP contribution in [0.3, 0.4) is 0 Å². The number of nitrogens with zero attached hydrogens (tertiary/aromatic N) is 1. The van der Waals surface area contributed by atoms with Crippen LogP contribution in [-0.4, -0.2) is 49.2 Å². The lowest BCUT2D eigenvalue weighted by molar-refractivity contribution is -0.923. The van der Waals surface area contributed by atoms with Crippen molar-refractivity contribution in [2.24, 2.45) is 0 Å². The summed E-state index contributed by atoms with van der Waals surface area (Å²) in [5.41, 5.74) is 0.457. The maximum Gasteiger partial charge on any atom is 0.338 e. The van der Waals surface area contributed by atoms with Crippen LogP contribution in [-0.2, 0) is 9.53 Å². The first kappa shape index (κ1) is 18.2. The number of likely N-dealkylation sites (N-methyl/N-ethyl adjacent to an activating group) is 1. The third-order valence-corrected chi connectivity index (χ3v) is 4.16. The highest BCUT2D eigenvalue weighted by atomic mass is 16.5. The van der Waals surface area contributed by atoms with Crippen LogP contribution in [0.4, 0.5) is 0 Å². The summed E-state index contributed by atoms with van der Waals surface area (Å²) in [6.45, 7) is 12.1. The number of carbonyl (C=O) groups excluding carboxylic acids is 2. The topological polar surface area (TPSA) is 52.6 Å². The predicted octanol–water partition coefficient (Wildman–Crippen LogP) is 2.65. The minimum Gasteiger partial charge on any atom is -0.456 e. The van der Waals surface area contributed by atoms with E-state index in [0.29, 0.717) is 17.9 Å². The molecule has 5 nitrogen and oxygen atoms in total. The standard InChI is InChI=1S/C17H26NO4/c1-5-18(6-2,7-3)12-13-21-17(20)15-8-10-16(11-9-15)22-14(4)19/h8-11H,5-7,12-13H2,1-4H3/q+1. The molecule has 0 aliphatic carbocycles. The number of hydrogen-bond acceptors (Lipinski definition) is 4. The SMILES string of the molecule is CC[N+](CC)(CC)CCOC(=O)c1ccc(OC(C)=O)cc1. The van der Waals surface area contributed by atoms with Crippen LogP contribution in [0.25, 0.3) is 0 Å². The molecular formula is C17H26NO4+. The highest BCUT2D eigenvalue weighted by Gasteiger charge is 2.21. The molecule has 0 saturated heterocycles. The number of carbonyl (C=O) groups is 2. The smallest absolute Gasteiger partial charge is 0.338 e. The van der Waals surface area contributed by atoms with E-state index in [4.69, 9.17) is 9.47 Å². The molecule has 1 rings (SSSR count). The number of benzene rings is 1. The summed E-state index contributed by atoms with van der Waals surface area (Å²) in [5.74, 6) is -0.318. The summed E-state index contributed by atoms with van der Waals surface area (Å²) in [4.78, 5) is 22.8. The van der Waals surface area contributed by atoms with Crippen molar-refractivity contribution in [1.29, 1.82) is 0 Å². The molecule has 5 heteroatoms. The zero-order valence-corrected chi connectivity index (χ0v) is 13.9. The number of ether oxygens (including phenoxy) is 2. The predicted molar refractivity (Wildman–Crippen MR) is 84.8 cm³/mol. The van der Waals surface area contributed by atoms with E-state index in [0.717, 1.165) is 30.7 Å². The molecule has 0 aliphatic rings. The summed E-state index contributed by atoms with van der Waals surface area (Å²) in [5, 5.41) is 0. The Labute approximate surface area is 132 Å². The molecule has 0 saturated carbocycles. The van der Waals surface area contributed by atoms with E-state index >= 15 is 0 Å². The fourth-order valence-electron chi connectivity index (χ4n) is 2.39. The fraction of sp³-hybridized carbons (Fsp3) is 0.529. The Balaban J connectivity index is 2.53.